The molecule has 2 aromatic carbocycles. The first-order chi connectivity index (χ1) is 12.1. The van der Waals surface area contributed by atoms with Crippen molar-refractivity contribution in [1.29, 1.82) is 0 Å². The quantitative estimate of drug-likeness (QED) is 0.642. The monoisotopic (exact) mass is 342 g/mol. The zero-order chi connectivity index (χ0) is 17.6. The molecule has 1 aliphatic heterocycles. The van der Waals surface area contributed by atoms with Gasteiger partial charge in [0.2, 0.25) is 0 Å². The zero-order valence-electron chi connectivity index (χ0n) is 13.5. The molecule has 2 aromatic rings. The Labute approximate surface area is 144 Å². The lowest BCUT2D eigenvalue weighted by Gasteiger charge is -2.11. The van der Waals surface area contributed by atoms with Gasteiger partial charge in [-0.25, -0.2) is 0 Å². The summed E-state index contributed by atoms with van der Waals surface area (Å²) in [4.78, 5) is 22.3. The summed E-state index contributed by atoms with van der Waals surface area (Å²) >= 11 is 0. The lowest BCUT2D eigenvalue weighted by molar-refractivity contribution is -0.384. The SMILES string of the molecule is O=C(NC[C@H]1CCCO1)c1ccc(Oc2ccc([N+](=O)[O-])cc2)cc1. The normalized spacial score (nSPS) is 16.4. The second-order valence-corrected chi connectivity index (χ2v) is 5.72. The summed E-state index contributed by atoms with van der Waals surface area (Å²) in [5.41, 5.74) is 0.541. The van der Waals surface area contributed by atoms with E-state index in [-0.39, 0.29) is 17.7 Å². The van der Waals surface area contributed by atoms with Crippen molar-refractivity contribution in [2.45, 2.75) is 18.9 Å². The third-order valence-electron chi connectivity index (χ3n) is 3.91. The van der Waals surface area contributed by atoms with Crippen molar-refractivity contribution < 1.29 is 19.2 Å². The molecule has 0 saturated carbocycles. The van der Waals surface area contributed by atoms with Crippen molar-refractivity contribution in [2.75, 3.05) is 13.2 Å². The molecular weight excluding hydrogens is 324 g/mol. The predicted octanol–water partition coefficient (Wildman–Crippen LogP) is 3.30. The summed E-state index contributed by atoms with van der Waals surface area (Å²) in [6.45, 7) is 1.27. The van der Waals surface area contributed by atoms with Gasteiger partial charge in [-0.05, 0) is 49.2 Å². The van der Waals surface area contributed by atoms with Gasteiger partial charge in [-0.15, -0.1) is 0 Å². The molecule has 0 aromatic heterocycles. The average molecular weight is 342 g/mol. The summed E-state index contributed by atoms with van der Waals surface area (Å²) in [6.07, 6.45) is 2.12. The molecule has 0 aliphatic carbocycles. The van der Waals surface area contributed by atoms with E-state index >= 15 is 0 Å². The van der Waals surface area contributed by atoms with Crippen LogP contribution in [-0.4, -0.2) is 30.1 Å². The van der Waals surface area contributed by atoms with Crippen LogP contribution >= 0.6 is 0 Å². The van der Waals surface area contributed by atoms with Gasteiger partial charge >= 0.3 is 0 Å². The van der Waals surface area contributed by atoms with Crippen molar-refractivity contribution in [3.63, 3.8) is 0 Å². The largest absolute Gasteiger partial charge is 0.457 e. The van der Waals surface area contributed by atoms with Gasteiger partial charge in [0.1, 0.15) is 11.5 Å². The number of nitro benzene ring substituents is 1. The molecular formula is C18H18N2O5. The zero-order valence-corrected chi connectivity index (χ0v) is 13.5. The minimum absolute atomic E-state index is 0.00520. The van der Waals surface area contributed by atoms with Gasteiger partial charge in [-0.1, -0.05) is 0 Å². The fourth-order valence-electron chi connectivity index (χ4n) is 2.56. The Kier molecular flexibility index (Phi) is 5.25. The number of benzene rings is 2. The maximum atomic E-state index is 12.1. The number of carbonyl (C=O) groups excluding carboxylic acids is 1. The van der Waals surface area contributed by atoms with E-state index in [2.05, 4.69) is 5.32 Å². The average Bonchev–Trinajstić information content (AvgIpc) is 3.14. The third kappa shape index (κ3) is 4.54. The molecule has 1 aliphatic rings. The maximum absolute atomic E-state index is 12.1. The van der Waals surface area contributed by atoms with Crippen LogP contribution in [0.4, 0.5) is 5.69 Å². The molecule has 25 heavy (non-hydrogen) atoms. The number of nitrogens with zero attached hydrogens (tertiary/aromatic N) is 1. The summed E-state index contributed by atoms with van der Waals surface area (Å²) in [5, 5.41) is 13.5. The van der Waals surface area contributed by atoms with Crippen molar-refractivity contribution in [2.24, 2.45) is 0 Å². The Bertz CT molecular complexity index is 737. The molecule has 1 saturated heterocycles. The van der Waals surface area contributed by atoms with Crippen molar-refractivity contribution in [3.05, 3.63) is 64.2 Å². The van der Waals surface area contributed by atoms with E-state index in [0.29, 0.717) is 23.6 Å². The van der Waals surface area contributed by atoms with Crippen LogP contribution in [-0.2, 0) is 4.74 Å². The van der Waals surface area contributed by atoms with E-state index in [4.69, 9.17) is 9.47 Å². The number of rotatable bonds is 6. The lowest BCUT2D eigenvalue weighted by Crippen LogP contribution is -2.31. The molecule has 1 fully saturated rings. The minimum Gasteiger partial charge on any atom is -0.457 e. The Morgan fingerprint density at radius 1 is 1.16 bits per heavy atom. The molecule has 0 unspecified atom stereocenters. The topological polar surface area (TPSA) is 90.7 Å². The van der Waals surface area contributed by atoms with Gasteiger partial charge in [0.05, 0.1) is 11.0 Å². The number of hydrogen-bond donors (Lipinski definition) is 1. The first kappa shape index (κ1) is 16.9. The van der Waals surface area contributed by atoms with Crippen LogP contribution in [0.2, 0.25) is 0 Å². The lowest BCUT2D eigenvalue weighted by atomic mass is 10.2. The molecule has 3 rings (SSSR count). The number of amides is 1. The molecule has 130 valence electrons. The molecule has 1 amide bonds. The molecule has 7 heteroatoms. The fraction of sp³-hybridized carbons (Fsp3) is 0.278. The van der Waals surface area contributed by atoms with E-state index in [1.165, 1.54) is 24.3 Å². The molecule has 0 bridgehead atoms. The highest BCUT2D eigenvalue weighted by atomic mass is 16.6. The second-order valence-electron chi connectivity index (χ2n) is 5.72. The second kappa shape index (κ2) is 7.76. The number of ether oxygens (including phenoxy) is 2. The van der Waals surface area contributed by atoms with Crippen LogP contribution in [0.5, 0.6) is 11.5 Å². The summed E-state index contributed by atoms with van der Waals surface area (Å²) in [6, 6.07) is 12.5. The highest BCUT2D eigenvalue weighted by molar-refractivity contribution is 5.94. The Hall–Kier alpha value is -2.93. The standard InChI is InChI=1S/C18H18N2O5/c21-18(19-12-17-2-1-11-24-17)13-3-7-15(8-4-13)25-16-9-5-14(6-10-16)20(22)23/h3-10,17H,1-2,11-12H2,(H,19,21)/t17-/m1/s1. The number of non-ortho nitro benzene ring substituents is 1. The van der Waals surface area contributed by atoms with Gasteiger partial charge in [0.25, 0.3) is 11.6 Å². The van der Waals surface area contributed by atoms with Gasteiger partial charge in [0.15, 0.2) is 0 Å². The number of nitrogens with one attached hydrogen (secondary N) is 1. The van der Waals surface area contributed by atoms with E-state index in [9.17, 15) is 14.9 Å². The van der Waals surface area contributed by atoms with Crippen LogP contribution in [0, 0.1) is 10.1 Å². The summed E-state index contributed by atoms with van der Waals surface area (Å²) in [7, 11) is 0. The van der Waals surface area contributed by atoms with Gasteiger partial charge < -0.3 is 14.8 Å². The van der Waals surface area contributed by atoms with E-state index in [1.54, 1.807) is 24.3 Å². The first-order valence-electron chi connectivity index (χ1n) is 8.04. The molecule has 1 N–H and O–H groups in total. The van der Waals surface area contributed by atoms with E-state index in [1.807, 2.05) is 0 Å². The van der Waals surface area contributed by atoms with Crippen LogP contribution in [0.25, 0.3) is 0 Å². The van der Waals surface area contributed by atoms with E-state index in [0.717, 1.165) is 19.4 Å². The Morgan fingerprint density at radius 3 is 2.36 bits per heavy atom. The third-order valence-corrected chi connectivity index (χ3v) is 3.91. The first-order valence-corrected chi connectivity index (χ1v) is 8.04. The summed E-state index contributed by atoms with van der Waals surface area (Å²) < 4.78 is 11.1. The predicted molar refractivity (Wildman–Crippen MR) is 90.9 cm³/mol. The highest BCUT2D eigenvalue weighted by Gasteiger charge is 2.16. The van der Waals surface area contributed by atoms with Crippen LogP contribution < -0.4 is 10.1 Å². The fourth-order valence-corrected chi connectivity index (χ4v) is 2.56. The van der Waals surface area contributed by atoms with Gasteiger partial charge in [-0.2, -0.15) is 0 Å². The van der Waals surface area contributed by atoms with Crippen LogP contribution in [0.3, 0.4) is 0 Å². The summed E-state index contributed by atoms with van der Waals surface area (Å²) in [5.74, 6) is 0.878. The van der Waals surface area contributed by atoms with Crippen LogP contribution in [0.1, 0.15) is 23.2 Å². The maximum Gasteiger partial charge on any atom is 0.269 e. The highest BCUT2D eigenvalue weighted by Crippen LogP contribution is 2.24. The van der Waals surface area contributed by atoms with Gasteiger partial charge in [0, 0.05) is 30.8 Å². The van der Waals surface area contributed by atoms with Crippen LogP contribution in [0.15, 0.2) is 48.5 Å². The molecule has 1 atom stereocenters. The molecule has 0 radical (unpaired) electrons. The van der Waals surface area contributed by atoms with Gasteiger partial charge in [-0.3, -0.25) is 14.9 Å². The van der Waals surface area contributed by atoms with Crippen molar-refractivity contribution >= 4 is 11.6 Å². The Balaban J connectivity index is 1.55. The molecule has 7 nitrogen and oxygen atoms in total. The number of carbonyl (C=O) groups is 1. The number of hydrogen-bond acceptors (Lipinski definition) is 5. The molecule has 1 heterocycles. The van der Waals surface area contributed by atoms with E-state index < -0.39 is 4.92 Å². The van der Waals surface area contributed by atoms with Crippen molar-refractivity contribution in [3.8, 4) is 11.5 Å². The minimum atomic E-state index is -0.464. The smallest absolute Gasteiger partial charge is 0.269 e. The number of nitro groups is 1. The van der Waals surface area contributed by atoms with Crippen molar-refractivity contribution in [1.82, 2.24) is 5.32 Å². The molecule has 0 spiro atoms. The Morgan fingerprint density at radius 2 is 1.80 bits per heavy atom.